The van der Waals surface area contributed by atoms with Crippen molar-refractivity contribution in [3.05, 3.63) is 11.1 Å². The zero-order valence-corrected chi connectivity index (χ0v) is 18.6. The first-order valence-electron chi connectivity index (χ1n) is 8.91. The number of Topliss-reactive ketones (excluding diaryl/α,β-unsaturated/α-hetero) is 1. The number of ether oxygens (including phenoxy) is 1. The Bertz CT molecular complexity index is 567. The van der Waals surface area contributed by atoms with Crippen LogP contribution in [0.2, 0.25) is 18.1 Å². The highest BCUT2D eigenvalue weighted by Crippen LogP contribution is 2.37. The van der Waals surface area contributed by atoms with Crippen LogP contribution in [-0.2, 0) is 14.0 Å². The topological polar surface area (TPSA) is 55.8 Å². The van der Waals surface area contributed by atoms with Crippen LogP contribution in [0.3, 0.4) is 0 Å². The molecule has 25 heavy (non-hydrogen) atoms. The molecule has 1 atom stereocenters. The fourth-order valence-electron chi connectivity index (χ4n) is 2.32. The van der Waals surface area contributed by atoms with Gasteiger partial charge < -0.3 is 9.16 Å². The summed E-state index contributed by atoms with van der Waals surface area (Å²) in [7, 11) is -1.95. The van der Waals surface area contributed by atoms with Crippen molar-refractivity contribution in [2.24, 2.45) is 0 Å². The largest absolute Gasteiger partial charge is 0.444 e. The van der Waals surface area contributed by atoms with E-state index in [-0.39, 0.29) is 23.4 Å². The average molecular weight is 370 g/mol. The van der Waals surface area contributed by atoms with E-state index in [0.29, 0.717) is 6.61 Å². The van der Waals surface area contributed by atoms with Gasteiger partial charge in [0.15, 0.2) is 14.1 Å². The molecule has 0 aromatic carbocycles. The molecular weight excluding hydrogens is 334 g/mol. The van der Waals surface area contributed by atoms with E-state index in [1.165, 1.54) is 4.90 Å². The van der Waals surface area contributed by atoms with Gasteiger partial charge in [-0.25, -0.2) is 4.79 Å². The standard InChI is InChI=1S/C19H35NO4Si/c1-13-14(2)16(21)11-20(17(22)24-18(3,4)5)15(13)12-23-25(9,10)19(6,7)8/h15H,11-12H2,1-10H3/t15-/m1/s1. The molecule has 1 amide bonds. The molecule has 0 N–H and O–H groups in total. The van der Waals surface area contributed by atoms with Crippen molar-refractivity contribution in [3.63, 3.8) is 0 Å². The monoisotopic (exact) mass is 369 g/mol. The van der Waals surface area contributed by atoms with E-state index in [4.69, 9.17) is 9.16 Å². The Morgan fingerprint density at radius 2 is 1.68 bits per heavy atom. The van der Waals surface area contributed by atoms with Crippen LogP contribution < -0.4 is 0 Å². The molecule has 0 saturated carbocycles. The summed E-state index contributed by atoms with van der Waals surface area (Å²) in [4.78, 5) is 26.4. The fraction of sp³-hybridized carbons (Fsp3) is 0.789. The Balaban J connectivity index is 3.07. The van der Waals surface area contributed by atoms with Crippen molar-refractivity contribution in [3.8, 4) is 0 Å². The molecule has 1 aliphatic heterocycles. The number of carbonyl (C=O) groups excluding carboxylic acids is 2. The van der Waals surface area contributed by atoms with Gasteiger partial charge in [0.2, 0.25) is 0 Å². The Morgan fingerprint density at radius 3 is 2.12 bits per heavy atom. The lowest BCUT2D eigenvalue weighted by Crippen LogP contribution is -2.53. The molecule has 0 aromatic rings. The number of amides is 1. The summed E-state index contributed by atoms with van der Waals surface area (Å²) in [6.45, 7) is 20.6. The second-order valence-electron chi connectivity index (χ2n) is 9.43. The lowest BCUT2D eigenvalue weighted by molar-refractivity contribution is -0.118. The first-order chi connectivity index (χ1) is 11.1. The summed E-state index contributed by atoms with van der Waals surface area (Å²) in [6, 6.07) is -0.262. The Morgan fingerprint density at radius 1 is 1.16 bits per heavy atom. The molecule has 144 valence electrons. The molecule has 0 radical (unpaired) electrons. The normalized spacial score (nSPS) is 20.2. The van der Waals surface area contributed by atoms with Gasteiger partial charge in [0.25, 0.3) is 0 Å². The van der Waals surface area contributed by atoms with Gasteiger partial charge in [-0.3, -0.25) is 9.69 Å². The highest BCUT2D eigenvalue weighted by molar-refractivity contribution is 6.74. The molecule has 0 aromatic heterocycles. The minimum absolute atomic E-state index is 0.0352. The third kappa shape index (κ3) is 5.41. The Hall–Kier alpha value is -1.14. The number of hydrogen-bond acceptors (Lipinski definition) is 4. The van der Waals surface area contributed by atoms with E-state index in [9.17, 15) is 9.59 Å². The quantitative estimate of drug-likeness (QED) is 0.686. The highest BCUT2D eigenvalue weighted by atomic mass is 28.4. The van der Waals surface area contributed by atoms with Gasteiger partial charge in [-0.2, -0.15) is 0 Å². The minimum Gasteiger partial charge on any atom is -0.444 e. The maximum Gasteiger partial charge on any atom is 0.411 e. The molecule has 1 aliphatic rings. The van der Waals surface area contributed by atoms with Gasteiger partial charge >= 0.3 is 6.09 Å². The van der Waals surface area contributed by atoms with Crippen molar-refractivity contribution in [1.29, 1.82) is 0 Å². The van der Waals surface area contributed by atoms with Gasteiger partial charge in [0, 0.05) is 0 Å². The third-order valence-corrected chi connectivity index (χ3v) is 9.74. The highest BCUT2D eigenvalue weighted by Gasteiger charge is 2.41. The number of ketones is 1. The summed E-state index contributed by atoms with van der Waals surface area (Å²) in [5.41, 5.74) is 1.01. The molecule has 0 saturated heterocycles. The predicted octanol–water partition coefficient (Wildman–Crippen LogP) is 4.53. The van der Waals surface area contributed by atoms with E-state index in [1.54, 1.807) is 0 Å². The van der Waals surface area contributed by atoms with E-state index in [2.05, 4.69) is 33.9 Å². The molecular formula is C19H35NO4Si. The summed E-state index contributed by atoms with van der Waals surface area (Å²) >= 11 is 0. The van der Waals surface area contributed by atoms with Crippen LogP contribution in [0.5, 0.6) is 0 Å². The maximum atomic E-state index is 12.6. The second-order valence-corrected chi connectivity index (χ2v) is 14.2. The average Bonchev–Trinajstić information content (AvgIpc) is 2.40. The molecule has 6 heteroatoms. The molecule has 1 rings (SSSR count). The van der Waals surface area contributed by atoms with Crippen molar-refractivity contribution in [2.45, 2.75) is 85.2 Å². The first kappa shape index (κ1) is 21.9. The van der Waals surface area contributed by atoms with Crippen LogP contribution in [0, 0.1) is 0 Å². The van der Waals surface area contributed by atoms with Crippen molar-refractivity contribution in [2.75, 3.05) is 13.2 Å². The molecule has 0 spiro atoms. The lowest BCUT2D eigenvalue weighted by atomic mass is 9.95. The van der Waals surface area contributed by atoms with Gasteiger partial charge in [-0.15, -0.1) is 0 Å². The van der Waals surface area contributed by atoms with E-state index < -0.39 is 20.0 Å². The van der Waals surface area contributed by atoms with Gasteiger partial charge in [-0.1, -0.05) is 20.8 Å². The summed E-state index contributed by atoms with van der Waals surface area (Å²) < 4.78 is 11.8. The van der Waals surface area contributed by atoms with Crippen LogP contribution in [0.15, 0.2) is 11.1 Å². The number of carbonyl (C=O) groups is 2. The van der Waals surface area contributed by atoms with Gasteiger partial charge in [0.05, 0.1) is 19.2 Å². The zero-order chi connectivity index (χ0) is 19.8. The van der Waals surface area contributed by atoms with Crippen LogP contribution in [0.4, 0.5) is 4.79 Å². The molecule has 5 nitrogen and oxygen atoms in total. The molecule has 1 heterocycles. The van der Waals surface area contributed by atoms with Crippen LogP contribution in [0.25, 0.3) is 0 Å². The molecule has 0 aliphatic carbocycles. The van der Waals surface area contributed by atoms with Gasteiger partial charge in [0.1, 0.15) is 5.60 Å². The SMILES string of the molecule is CC1=C(C)[C@@H](CO[Si](C)(C)C(C)(C)C)N(C(=O)OC(C)(C)C)CC1=O. The smallest absolute Gasteiger partial charge is 0.411 e. The summed E-state index contributed by atoms with van der Waals surface area (Å²) in [5, 5.41) is 0.0842. The number of nitrogens with zero attached hydrogens (tertiary/aromatic N) is 1. The first-order valence-corrected chi connectivity index (χ1v) is 11.8. The lowest BCUT2D eigenvalue weighted by Gasteiger charge is -2.41. The van der Waals surface area contributed by atoms with Crippen molar-refractivity contribution < 1.29 is 18.8 Å². The molecule has 0 bridgehead atoms. The maximum absolute atomic E-state index is 12.6. The van der Waals surface area contributed by atoms with Crippen LogP contribution in [-0.4, -0.2) is 49.9 Å². The van der Waals surface area contributed by atoms with Crippen LogP contribution >= 0.6 is 0 Å². The summed E-state index contributed by atoms with van der Waals surface area (Å²) in [5.74, 6) is -0.0352. The van der Waals surface area contributed by atoms with E-state index in [0.717, 1.165) is 11.1 Å². The van der Waals surface area contributed by atoms with E-state index >= 15 is 0 Å². The number of hydrogen-bond donors (Lipinski definition) is 0. The van der Waals surface area contributed by atoms with Crippen molar-refractivity contribution in [1.82, 2.24) is 4.90 Å². The second kappa shape index (κ2) is 7.23. The predicted molar refractivity (Wildman–Crippen MR) is 103 cm³/mol. The zero-order valence-electron chi connectivity index (χ0n) is 17.6. The Kier molecular flexibility index (Phi) is 6.33. The van der Waals surface area contributed by atoms with Crippen molar-refractivity contribution >= 4 is 20.2 Å². The van der Waals surface area contributed by atoms with Crippen LogP contribution in [0.1, 0.15) is 55.4 Å². The Labute approximate surface area is 153 Å². The van der Waals surface area contributed by atoms with Gasteiger partial charge in [-0.05, 0) is 63.9 Å². The number of rotatable bonds is 3. The molecule has 0 unspecified atom stereocenters. The minimum atomic E-state index is -1.95. The third-order valence-electron chi connectivity index (χ3n) is 5.24. The van der Waals surface area contributed by atoms with E-state index in [1.807, 2.05) is 34.6 Å². The molecule has 0 fully saturated rings. The summed E-state index contributed by atoms with van der Waals surface area (Å²) in [6.07, 6.45) is -0.462. The fourth-order valence-corrected chi connectivity index (χ4v) is 3.33.